The van der Waals surface area contributed by atoms with E-state index < -0.39 is 40.8 Å². The number of pyridine rings is 1. The Morgan fingerprint density at radius 2 is 0.827 bits per heavy atom. The van der Waals surface area contributed by atoms with Crippen molar-refractivity contribution in [1.29, 1.82) is 0 Å². The van der Waals surface area contributed by atoms with Crippen LogP contribution in [-0.2, 0) is 18.5 Å². The summed E-state index contributed by atoms with van der Waals surface area (Å²) in [5.41, 5.74) is 3.49. The van der Waals surface area contributed by atoms with E-state index >= 15 is 0 Å². The molecule has 0 saturated heterocycles. The molecule has 0 spiro atoms. The summed E-state index contributed by atoms with van der Waals surface area (Å²) in [5, 5.41) is 2.58. The Kier molecular flexibility index (Phi) is 12.0. The number of aryl methyl sites for hydroxylation is 1. The molecular formula is C66H39F9N6. The summed E-state index contributed by atoms with van der Waals surface area (Å²) < 4.78 is 134. The van der Waals surface area contributed by atoms with Crippen molar-refractivity contribution < 1.29 is 39.5 Å². The second-order valence-electron chi connectivity index (χ2n) is 19.6. The van der Waals surface area contributed by atoms with E-state index in [9.17, 15) is 39.5 Å². The summed E-state index contributed by atoms with van der Waals surface area (Å²) in [4.78, 5) is 20.5. The topological polar surface area (TPSA) is 61.4 Å². The van der Waals surface area contributed by atoms with Gasteiger partial charge in [0.25, 0.3) is 0 Å². The van der Waals surface area contributed by atoms with Gasteiger partial charge in [-0.15, -0.1) is 0 Å². The Labute approximate surface area is 455 Å². The van der Waals surface area contributed by atoms with Gasteiger partial charge in [0.15, 0.2) is 17.5 Å². The molecule has 13 rings (SSSR count). The molecule has 15 heteroatoms. The van der Waals surface area contributed by atoms with E-state index in [0.29, 0.717) is 89.7 Å². The van der Waals surface area contributed by atoms with Crippen LogP contribution in [0.3, 0.4) is 0 Å². The molecule has 0 aliphatic heterocycles. The highest BCUT2D eigenvalue weighted by Crippen LogP contribution is 2.47. The van der Waals surface area contributed by atoms with Crippen LogP contribution in [0, 0.1) is 6.92 Å². The van der Waals surface area contributed by atoms with Gasteiger partial charge in [0.2, 0.25) is 0 Å². The summed E-state index contributed by atoms with van der Waals surface area (Å²) in [6, 6.07) is 59.1. The van der Waals surface area contributed by atoms with Gasteiger partial charge in [0.05, 0.1) is 55.8 Å². The first-order valence-electron chi connectivity index (χ1n) is 25.5. The van der Waals surface area contributed by atoms with Gasteiger partial charge in [-0.25, -0.2) is 15.0 Å². The minimum atomic E-state index is -5.12. The van der Waals surface area contributed by atoms with Crippen molar-refractivity contribution in [2.75, 3.05) is 0 Å². The average Bonchev–Trinajstić information content (AvgIpc) is 4.25. The lowest BCUT2D eigenvalue weighted by Crippen LogP contribution is -2.12. The molecule has 0 aliphatic carbocycles. The smallest absolute Gasteiger partial charge is 0.309 e. The number of para-hydroxylation sites is 2. The molecule has 81 heavy (non-hydrogen) atoms. The highest BCUT2D eigenvalue weighted by Gasteiger charge is 2.39. The summed E-state index contributed by atoms with van der Waals surface area (Å²) in [6.45, 7) is 1.62. The molecular weight excluding hydrogens is 1050 g/mol. The number of rotatable bonds is 8. The lowest BCUT2D eigenvalue weighted by atomic mass is 9.95. The van der Waals surface area contributed by atoms with Crippen molar-refractivity contribution in [3.8, 4) is 79.0 Å². The number of benzene rings is 9. The van der Waals surface area contributed by atoms with Crippen LogP contribution in [0.5, 0.6) is 0 Å². The maximum atomic E-state index is 14.7. The van der Waals surface area contributed by atoms with Gasteiger partial charge < -0.3 is 9.13 Å². The van der Waals surface area contributed by atoms with Crippen LogP contribution in [0.15, 0.2) is 219 Å². The highest BCUT2D eigenvalue weighted by molar-refractivity contribution is 6.13. The zero-order chi connectivity index (χ0) is 56.0. The van der Waals surface area contributed by atoms with E-state index in [2.05, 4.69) is 0 Å². The maximum absolute atomic E-state index is 14.7. The van der Waals surface area contributed by atoms with Gasteiger partial charge in [-0.2, -0.15) is 39.5 Å². The zero-order valence-electron chi connectivity index (χ0n) is 42.4. The molecule has 0 saturated carbocycles. The molecule has 0 bridgehead atoms. The van der Waals surface area contributed by atoms with Gasteiger partial charge >= 0.3 is 18.5 Å². The minimum Gasteiger partial charge on any atom is -0.309 e. The van der Waals surface area contributed by atoms with Crippen molar-refractivity contribution in [1.82, 2.24) is 29.1 Å². The highest BCUT2D eigenvalue weighted by atomic mass is 19.4. The third-order valence-corrected chi connectivity index (χ3v) is 14.6. The second kappa shape index (κ2) is 19.2. The SMILES string of the molecule is Cc1ccc(-c2ccc3c(c2)c2ccccc2n3-c2cccc(-c3nc(-c4ccccc4)nc(-c4ccccc4)n3)c2-c2ncccc2-n2c3ccccc3c3cc(-c4ccc(C(F)(F)F)cc4C(F)(F)F)ccc32)c(C(F)(F)F)c1. The van der Waals surface area contributed by atoms with Crippen LogP contribution < -0.4 is 0 Å². The third kappa shape index (κ3) is 8.91. The average molecular weight is 1090 g/mol. The van der Waals surface area contributed by atoms with Gasteiger partial charge in [0.1, 0.15) is 0 Å². The van der Waals surface area contributed by atoms with Crippen molar-refractivity contribution in [2.24, 2.45) is 0 Å². The van der Waals surface area contributed by atoms with Crippen molar-refractivity contribution in [3.63, 3.8) is 0 Å². The van der Waals surface area contributed by atoms with Crippen LogP contribution in [-0.4, -0.2) is 29.1 Å². The Bertz CT molecular complexity index is 4560. The van der Waals surface area contributed by atoms with Crippen LogP contribution in [0.1, 0.15) is 22.3 Å². The van der Waals surface area contributed by atoms with Gasteiger partial charge in [0, 0.05) is 50.0 Å². The van der Waals surface area contributed by atoms with Gasteiger partial charge in [-0.1, -0.05) is 145 Å². The standard InChI is InChI=1S/C66H39F9N6/c1-38-25-29-44(51(34-38)65(70,71)72)41-26-31-55-49(35-41)46-18-8-10-21-53(46)80(55)57-23-12-20-48(63-78-61(39-14-4-2-5-15-39)77-62(79-63)40-16-6-3-7-17-40)59(57)60-58(24-13-33-76-60)81-54-22-11-9-19-47(54)50-36-42(27-32-56(50)81)45-30-28-43(64(67,68)69)37-52(45)66(73,74)75/h2-37H,1H3. The summed E-state index contributed by atoms with van der Waals surface area (Å²) in [7, 11) is 0. The summed E-state index contributed by atoms with van der Waals surface area (Å²) in [6.07, 6.45) is -13.1. The van der Waals surface area contributed by atoms with Gasteiger partial charge in [-0.3, -0.25) is 4.98 Å². The van der Waals surface area contributed by atoms with Crippen LogP contribution in [0.4, 0.5) is 39.5 Å². The first-order valence-corrected chi connectivity index (χ1v) is 25.5. The monoisotopic (exact) mass is 1090 g/mol. The number of hydrogen-bond acceptors (Lipinski definition) is 4. The molecule has 4 heterocycles. The Hall–Kier alpha value is -9.89. The Morgan fingerprint density at radius 3 is 1.38 bits per heavy atom. The molecule has 0 N–H and O–H groups in total. The molecule has 0 radical (unpaired) electrons. The Balaban J connectivity index is 1.10. The first-order chi connectivity index (χ1) is 39.0. The predicted octanol–water partition coefficient (Wildman–Crippen LogP) is 18.8. The Morgan fingerprint density at radius 1 is 0.346 bits per heavy atom. The quantitative estimate of drug-likeness (QED) is 0.142. The number of nitrogens with zero attached hydrogens (tertiary/aromatic N) is 6. The summed E-state index contributed by atoms with van der Waals surface area (Å²) in [5.74, 6) is 1.05. The number of alkyl halides is 9. The maximum Gasteiger partial charge on any atom is 0.417 e. The zero-order valence-corrected chi connectivity index (χ0v) is 42.4. The minimum absolute atomic E-state index is 0.0318. The molecule has 13 aromatic rings. The second-order valence-corrected chi connectivity index (χ2v) is 19.6. The van der Waals surface area contributed by atoms with Crippen molar-refractivity contribution in [3.05, 3.63) is 241 Å². The molecule has 396 valence electrons. The lowest BCUT2D eigenvalue weighted by molar-refractivity contribution is -0.143. The molecule has 6 nitrogen and oxygen atoms in total. The normalized spacial score (nSPS) is 12.3. The fraction of sp³-hybridized carbons (Fsp3) is 0.0606. The number of aromatic nitrogens is 6. The first kappa shape index (κ1) is 50.6. The fourth-order valence-electron chi connectivity index (χ4n) is 11.0. The van der Waals surface area contributed by atoms with E-state index in [0.717, 1.165) is 34.2 Å². The molecule has 0 aliphatic rings. The molecule has 9 aromatic carbocycles. The van der Waals surface area contributed by atoms with Crippen LogP contribution in [0.25, 0.3) is 123 Å². The van der Waals surface area contributed by atoms with E-state index in [1.165, 1.54) is 12.1 Å². The largest absolute Gasteiger partial charge is 0.417 e. The number of fused-ring (bicyclic) bond motifs is 6. The van der Waals surface area contributed by atoms with E-state index in [4.69, 9.17) is 19.9 Å². The van der Waals surface area contributed by atoms with Crippen molar-refractivity contribution >= 4 is 43.6 Å². The fourth-order valence-corrected chi connectivity index (χ4v) is 11.0. The summed E-state index contributed by atoms with van der Waals surface area (Å²) >= 11 is 0. The van der Waals surface area contributed by atoms with E-state index in [-0.39, 0.29) is 23.0 Å². The molecule has 0 unspecified atom stereocenters. The van der Waals surface area contributed by atoms with E-state index in [1.54, 1.807) is 55.6 Å². The predicted molar refractivity (Wildman–Crippen MR) is 299 cm³/mol. The number of hydrogen-bond donors (Lipinski definition) is 0. The third-order valence-electron chi connectivity index (χ3n) is 14.6. The van der Waals surface area contributed by atoms with Crippen LogP contribution in [0.2, 0.25) is 0 Å². The van der Waals surface area contributed by atoms with Crippen molar-refractivity contribution in [2.45, 2.75) is 25.5 Å². The molecule has 4 aromatic heterocycles. The lowest BCUT2D eigenvalue weighted by Gasteiger charge is -2.20. The molecule has 0 fully saturated rings. The van der Waals surface area contributed by atoms with E-state index in [1.807, 2.05) is 143 Å². The molecule has 0 atom stereocenters. The molecule has 0 amide bonds. The van der Waals surface area contributed by atoms with Gasteiger partial charge in [-0.05, 0) is 102 Å². The van der Waals surface area contributed by atoms with Crippen LogP contribution >= 0.6 is 0 Å². The number of halogens is 9.